The van der Waals surface area contributed by atoms with Gasteiger partial charge in [-0.3, -0.25) is 4.79 Å². The fourth-order valence-electron chi connectivity index (χ4n) is 3.62. The van der Waals surface area contributed by atoms with Gasteiger partial charge in [0.25, 0.3) is 0 Å². The first-order valence-corrected chi connectivity index (χ1v) is 10.2. The molecule has 0 heterocycles. The summed E-state index contributed by atoms with van der Waals surface area (Å²) < 4.78 is 10.6. The molecule has 0 aromatic heterocycles. The van der Waals surface area contributed by atoms with E-state index in [0.29, 0.717) is 24.5 Å². The molecule has 3 aromatic carbocycles. The Morgan fingerprint density at radius 2 is 1.33 bits per heavy atom. The molecule has 0 saturated carbocycles. The van der Waals surface area contributed by atoms with Gasteiger partial charge >= 0.3 is 0 Å². The second kappa shape index (κ2) is 10.5. The Labute approximate surface area is 179 Å². The molecule has 30 heavy (non-hydrogen) atoms. The molecule has 4 nitrogen and oxygen atoms in total. The van der Waals surface area contributed by atoms with Crippen LogP contribution in [0.25, 0.3) is 0 Å². The van der Waals surface area contributed by atoms with Crippen LogP contribution in [0.3, 0.4) is 0 Å². The van der Waals surface area contributed by atoms with Crippen LogP contribution in [0.15, 0.2) is 78.9 Å². The van der Waals surface area contributed by atoms with Crippen molar-refractivity contribution >= 4 is 5.91 Å². The monoisotopic (exact) mass is 403 g/mol. The number of carbonyl (C=O) groups is 1. The third-order valence-electron chi connectivity index (χ3n) is 5.35. The van der Waals surface area contributed by atoms with Gasteiger partial charge in [0, 0.05) is 25.6 Å². The molecule has 0 saturated heterocycles. The number of hydrogen-bond donors (Lipinski definition) is 0. The average molecular weight is 404 g/mol. The summed E-state index contributed by atoms with van der Waals surface area (Å²) in [5.74, 6) is 1.70. The van der Waals surface area contributed by atoms with Crippen LogP contribution < -0.4 is 9.47 Å². The van der Waals surface area contributed by atoms with Gasteiger partial charge in [-0.15, -0.1) is 0 Å². The van der Waals surface area contributed by atoms with E-state index in [1.165, 1.54) is 11.1 Å². The molecule has 0 aliphatic carbocycles. The van der Waals surface area contributed by atoms with Crippen LogP contribution in [-0.2, 0) is 11.2 Å². The number of nitrogens with zero attached hydrogens (tertiary/aromatic N) is 1. The molecule has 0 bridgehead atoms. The molecule has 0 fully saturated rings. The summed E-state index contributed by atoms with van der Waals surface area (Å²) in [6.45, 7) is 0.675. The van der Waals surface area contributed by atoms with E-state index >= 15 is 0 Å². The lowest BCUT2D eigenvalue weighted by molar-refractivity contribution is -0.129. The highest BCUT2D eigenvalue weighted by Gasteiger charge is 2.17. The normalized spacial score (nSPS) is 10.7. The van der Waals surface area contributed by atoms with Gasteiger partial charge in [0.1, 0.15) is 11.5 Å². The molecule has 0 spiro atoms. The topological polar surface area (TPSA) is 38.8 Å². The second-order valence-corrected chi connectivity index (χ2v) is 7.38. The number of benzene rings is 3. The fourth-order valence-corrected chi connectivity index (χ4v) is 3.62. The van der Waals surface area contributed by atoms with Crippen LogP contribution in [-0.4, -0.2) is 38.6 Å². The molecule has 3 rings (SSSR count). The molecule has 0 atom stereocenters. The van der Waals surface area contributed by atoms with Gasteiger partial charge in [-0.2, -0.15) is 0 Å². The predicted molar refractivity (Wildman–Crippen MR) is 120 cm³/mol. The number of hydrogen-bond acceptors (Lipinski definition) is 3. The second-order valence-electron chi connectivity index (χ2n) is 7.38. The van der Waals surface area contributed by atoms with Crippen molar-refractivity contribution in [3.63, 3.8) is 0 Å². The summed E-state index contributed by atoms with van der Waals surface area (Å²) in [5, 5.41) is 0. The lowest BCUT2D eigenvalue weighted by atomic mass is 9.88. The quantitative estimate of drug-likeness (QED) is 0.509. The molecule has 4 heteroatoms. The molecule has 3 aromatic rings. The zero-order valence-corrected chi connectivity index (χ0v) is 17.9. The van der Waals surface area contributed by atoms with E-state index in [1.54, 1.807) is 14.2 Å². The number of methoxy groups -OCH3 is 2. The van der Waals surface area contributed by atoms with Crippen LogP contribution in [0.4, 0.5) is 0 Å². The predicted octanol–water partition coefficient (Wildman–Crippen LogP) is 4.93. The van der Waals surface area contributed by atoms with Crippen molar-refractivity contribution in [2.24, 2.45) is 0 Å². The summed E-state index contributed by atoms with van der Waals surface area (Å²) >= 11 is 0. The van der Waals surface area contributed by atoms with E-state index in [1.807, 2.05) is 42.3 Å². The highest BCUT2D eigenvalue weighted by Crippen LogP contribution is 2.28. The Morgan fingerprint density at radius 3 is 1.80 bits per heavy atom. The highest BCUT2D eigenvalue weighted by atomic mass is 16.5. The van der Waals surface area contributed by atoms with Crippen molar-refractivity contribution < 1.29 is 14.3 Å². The number of amides is 1. The Kier molecular flexibility index (Phi) is 7.50. The first-order valence-electron chi connectivity index (χ1n) is 10.2. The minimum atomic E-state index is 0.0742. The summed E-state index contributed by atoms with van der Waals surface area (Å²) in [6.07, 6.45) is 1.17. The van der Waals surface area contributed by atoms with Crippen LogP contribution in [0.5, 0.6) is 11.5 Å². The van der Waals surface area contributed by atoms with E-state index in [2.05, 4.69) is 48.5 Å². The van der Waals surface area contributed by atoms with Gasteiger partial charge in [-0.25, -0.2) is 0 Å². The number of ether oxygens (including phenoxy) is 2. The van der Waals surface area contributed by atoms with E-state index < -0.39 is 0 Å². The number of likely N-dealkylation sites (N-methyl/N-ethyl adjacent to an activating group) is 1. The molecule has 156 valence electrons. The average Bonchev–Trinajstić information content (AvgIpc) is 2.80. The van der Waals surface area contributed by atoms with Gasteiger partial charge in [0.2, 0.25) is 5.91 Å². The van der Waals surface area contributed by atoms with Crippen molar-refractivity contribution in [1.29, 1.82) is 0 Å². The third-order valence-corrected chi connectivity index (χ3v) is 5.35. The van der Waals surface area contributed by atoms with E-state index in [9.17, 15) is 4.79 Å². The smallest absolute Gasteiger partial charge is 0.226 e. The Hall–Kier alpha value is -3.27. The third kappa shape index (κ3) is 5.63. The molecule has 0 radical (unpaired) electrons. The van der Waals surface area contributed by atoms with Crippen molar-refractivity contribution in [1.82, 2.24) is 4.90 Å². The first kappa shape index (κ1) is 21.4. The lowest BCUT2D eigenvalue weighted by Gasteiger charge is -2.23. The molecule has 0 N–H and O–H groups in total. The van der Waals surface area contributed by atoms with Crippen LogP contribution in [0, 0.1) is 0 Å². The SMILES string of the molecule is COc1cc(CC(=O)N(C)CCC(c2ccccc2)c2ccccc2)cc(OC)c1. The van der Waals surface area contributed by atoms with Gasteiger partial charge in [-0.05, 0) is 35.2 Å². The maximum absolute atomic E-state index is 12.8. The van der Waals surface area contributed by atoms with Crippen molar-refractivity contribution in [3.8, 4) is 11.5 Å². The van der Waals surface area contributed by atoms with Gasteiger partial charge < -0.3 is 14.4 Å². The van der Waals surface area contributed by atoms with Crippen LogP contribution >= 0.6 is 0 Å². The zero-order valence-electron chi connectivity index (χ0n) is 17.9. The molecule has 1 amide bonds. The van der Waals surface area contributed by atoms with Crippen LogP contribution in [0.1, 0.15) is 29.0 Å². The Balaban J connectivity index is 1.68. The number of rotatable bonds is 9. The number of carbonyl (C=O) groups excluding carboxylic acids is 1. The Morgan fingerprint density at radius 1 is 0.833 bits per heavy atom. The van der Waals surface area contributed by atoms with Crippen molar-refractivity contribution in [2.45, 2.75) is 18.8 Å². The molecular formula is C26H29NO3. The first-order chi connectivity index (χ1) is 14.6. The summed E-state index contributed by atoms with van der Waals surface area (Å²) in [5.41, 5.74) is 3.41. The largest absolute Gasteiger partial charge is 0.497 e. The maximum atomic E-state index is 12.8. The Bertz CT molecular complexity index is 879. The summed E-state index contributed by atoms with van der Waals surface area (Å²) in [7, 11) is 5.09. The van der Waals surface area contributed by atoms with E-state index in [4.69, 9.17) is 9.47 Å². The maximum Gasteiger partial charge on any atom is 0.226 e. The molecule has 0 unspecified atom stereocenters. The molecule has 0 aliphatic rings. The zero-order chi connectivity index (χ0) is 21.3. The van der Waals surface area contributed by atoms with Crippen molar-refractivity contribution in [3.05, 3.63) is 95.6 Å². The molecular weight excluding hydrogens is 374 g/mol. The van der Waals surface area contributed by atoms with E-state index in [-0.39, 0.29) is 11.8 Å². The lowest BCUT2D eigenvalue weighted by Crippen LogP contribution is -2.30. The van der Waals surface area contributed by atoms with Crippen LogP contribution in [0.2, 0.25) is 0 Å². The standard InChI is InChI=1S/C26H29NO3/c1-27(26(28)18-20-16-23(29-2)19-24(17-20)30-3)15-14-25(21-10-6-4-7-11-21)22-12-8-5-9-13-22/h4-13,16-17,19,25H,14-15,18H2,1-3H3. The minimum absolute atomic E-state index is 0.0742. The van der Waals surface area contributed by atoms with Gasteiger partial charge in [-0.1, -0.05) is 60.7 Å². The minimum Gasteiger partial charge on any atom is -0.497 e. The summed E-state index contributed by atoms with van der Waals surface area (Å²) in [4.78, 5) is 14.7. The van der Waals surface area contributed by atoms with Gasteiger partial charge in [0.05, 0.1) is 20.6 Å². The van der Waals surface area contributed by atoms with Crippen molar-refractivity contribution in [2.75, 3.05) is 27.8 Å². The fraction of sp³-hybridized carbons (Fsp3) is 0.269. The van der Waals surface area contributed by atoms with Gasteiger partial charge in [0.15, 0.2) is 0 Å². The highest BCUT2D eigenvalue weighted by molar-refractivity contribution is 5.78. The van der Waals surface area contributed by atoms with E-state index in [0.717, 1.165) is 12.0 Å². The summed E-state index contributed by atoms with van der Waals surface area (Å²) in [6, 6.07) is 26.5. The molecule has 0 aliphatic heterocycles.